The third-order valence-corrected chi connectivity index (χ3v) is 1.98. The lowest BCUT2D eigenvalue weighted by Gasteiger charge is -2.01. The van der Waals surface area contributed by atoms with Crippen LogP contribution in [-0.2, 0) is 4.79 Å². The molecule has 0 heterocycles. The zero-order valence-corrected chi connectivity index (χ0v) is 9.47. The average molecular weight is 246 g/mol. The number of carboxylic acids is 1. The van der Waals surface area contributed by atoms with E-state index in [1.165, 1.54) is 31.3 Å². The second-order valence-electron chi connectivity index (χ2n) is 3.15. The number of rotatable bonds is 4. The minimum atomic E-state index is -1.03. The third-order valence-electron chi connectivity index (χ3n) is 1.98. The van der Waals surface area contributed by atoms with Gasteiger partial charge in [0.05, 0.1) is 11.3 Å². The standard InChI is InChI=1S/C11H10N4O3/c1-13-10(16)9(6-12)15-14-8-4-2-7(3-5-8)11(17)18/h2-5,14H,1H3,(H,13,16)(H,17,18)/b15-9-. The molecule has 0 aliphatic rings. The number of nitrogens with one attached hydrogen (secondary N) is 2. The van der Waals surface area contributed by atoms with Gasteiger partial charge in [-0.2, -0.15) is 10.4 Å². The second-order valence-corrected chi connectivity index (χ2v) is 3.15. The summed E-state index contributed by atoms with van der Waals surface area (Å²) < 4.78 is 0. The molecule has 1 aromatic carbocycles. The predicted octanol–water partition coefficient (Wildman–Crippen LogP) is 0.422. The molecule has 92 valence electrons. The quantitative estimate of drug-likeness (QED) is 0.526. The lowest BCUT2D eigenvalue weighted by atomic mass is 10.2. The molecule has 0 saturated carbocycles. The Balaban J connectivity index is 2.80. The summed E-state index contributed by atoms with van der Waals surface area (Å²) in [6.45, 7) is 0. The van der Waals surface area contributed by atoms with Crippen LogP contribution in [0.3, 0.4) is 0 Å². The summed E-state index contributed by atoms with van der Waals surface area (Å²) in [7, 11) is 1.39. The van der Waals surface area contributed by atoms with E-state index in [2.05, 4.69) is 15.8 Å². The zero-order valence-electron chi connectivity index (χ0n) is 9.47. The molecule has 0 unspecified atom stereocenters. The maximum atomic E-state index is 11.1. The predicted molar refractivity (Wildman–Crippen MR) is 64.1 cm³/mol. The second kappa shape index (κ2) is 6.00. The molecule has 18 heavy (non-hydrogen) atoms. The first-order valence-electron chi connectivity index (χ1n) is 4.87. The monoisotopic (exact) mass is 246 g/mol. The first kappa shape index (κ1) is 13.2. The number of nitriles is 1. The highest BCUT2D eigenvalue weighted by molar-refractivity contribution is 6.45. The Morgan fingerprint density at radius 1 is 1.33 bits per heavy atom. The number of hydrogen-bond acceptors (Lipinski definition) is 5. The van der Waals surface area contributed by atoms with E-state index >= 15 is 0 Å². The van der Waals surface area contributed by atoms with E-state index in [0.29, 0.717) is 5.69 Å². The van der Waals surface area contributed by atoms with Crippen molar-refractivity contribution in [3.63, 3.8) is 0 Å². The normalized spacial score (nSPS) is 10.3. The highest BCUT2D eigenvalue weighted by Gasteiger charge is 2.07. The summed E-state index contributed by atoms with van der Waals surface area (Å²) >= 11 is 0. The smallest absolute Gasteiger partial charge is 0.335 e. The summed E-state index contributed by atoms with van der Waals surface area (Å²) in [5, 5.41) is 23.2. The van der Waals surface area contributed by atoms with E-state index < -0.39 is 11.9 Å². The molecule has 0 aliphatic carbocycles. The fourth-order valence-corrected chi connectivity index (χ4v) is 1.05. The van der Waals surface area contributed by atoms with Crippen LogP contribution in [0.15, 0.2) is 29.4 Å². The van der Waals surface area contributed by atoms with Gasteiger partial charge >= 0.3 is 5.97 Å². The van der Waals surface area contributed by atoms with Crippen LogP contribution in [0.2, 0.25) is 0 Å². The molecule has 0 spiro atoms. The maximum absolute atomic E-state index is 11.1. The highest BCUT2D eigenvalue weighted by atomic mass is 16.4. The zero-order chi connectivity index (χ0) is 13.5. The Hall–Kier alpha value is -2.88. The van der Waals surface area contributed by atoms with Crippen LogP contribution in [0.5, 0.6) is 0 Å². The number of benzene rings is 1. The number of carboxylic acid groups (broad SMARTS) is 1. The van der Waals surface area contributed by atoms with E-state index in [4.69, 9.17) is 10.4 Å². The van der Waals surface area contributed by atoms with Crippen molar-refractivity contribution < 1.29 is 14.7 Å². The highest BCUT2D eigenvalue weighted by Crippen LogP contribution is 2.09. The van der Waals surface area contributed by atoms with Gasteiger partial charge in [0.2, 0.25) is 5.71 Å². The van der Waals surface area contributed by atoms with Crippen LogP contribution < -0.4 is 10.7 Å². The number of amides is 1. The van der Waals surface area contributed by atoms with Crippen LogP contribution in [-0.4, -0.2) is 29.7 Å². The Bertz CT molecular complexity index is 528. The Labute approximate surface area is 103 Å². The van der Waals surface area contributed by atoms with Gasteiger partial charge in [-0.05, 0) is 24.3 Å². The van der Waals surface area contributed by atoms with E-state index in [1.807, 2.05) is 0 Å². The number of hydrogen-bond donors (Lipinski definition) is 3. The molecular formula is C11H10N4O3. The average Bonchev–Trinajstić information content (AvgIpc) is 2.39. The lowest BCUT2D eigenvalue weighted by molar-refractivity contribution is -0.114. The first-order valence-corrected chi connectivity index (χ1v) is 4.87. The molecule has 7 nitrogen and oxygen atoms in total. The Kier molecular flexibility index (Phi) is 4.40. The van der Waals surface area contributed by atoms with Crippen molar-refractivity contribution in [3.8, 4) is 6.07 Å². The fourth-order valence-electron chi connectivity index (χ4n) is 1.05. The van der Waals surface area contributed by atoms with Crippen molar-refractivity contribution in [3.05, 3.63) is 29.8 Å². The Morgan fingerprint density at radius 2 is 1.94 bits per heavy atom. The molecule has 0 aliphatic heterocycles. The molecule has 1 aromatic rings. The third kappa shape index (κ3) is 3.31. The number of carbonyl (C=O) groups is 2. The molecule has 0 bridgehead atoms. The number of hydrazone groups is 1. The Morgan fingerprint density at radius 3 is 2.39 bits per heavy atom. The lowest BCUT2D eigenvalue weighted by Crippen LogP contribution is -2.27. The van der Waals surface area contributed by atoms with Gasteiger partial charge in [-0.3, -0.25) is 10.2 Å². The van der Waals surface area contributed by atoms with Gasteiger partial charge < -0.3 is 10.4 Å². The van der Waals surface area contributed by atoms with Gasteiger partial charge in [0.15, 0.2) is 0 Å². The molecule has 0 saturated heterocycles. The summed E-state index contributed by atoms with van der Waals surface area (Å²) in [5.74, 6) is -1.64. The van der Waals surface area contributed by atoms with Crippen LogP contribution in [0.4, 0.5) is 5.69 Å². The topological polar surface area (TPSA) is 115 Å². The van der Waals surface area contributed by atoms with Crippen LogP contribution in [0.1, 0.15) is 10.4 Å². The van der Waals surface area contributed by atoms with Gasteiger partial charge in [0.1, 0.15) is 6.07 Å². The summed E-state index contributed by atoms with van der Waals surface area (Å²) in [6, 6.07) is 7.35. The van der Waals surface area contributed by atoms with Crippen LogP contribution in [0, 0.1) is 11.3 Å². The van der Waals surface area contributed by atoms with Gasteiger partial charge in [0, 0.05) is 7.05 Å². The van der Waals surface area contributed by atoms with Crippen LogP contribution in [0.25, 0.3) is 0 Å². The molecular weight excluding hydrogens is 236 g/mol. The van der Waals surface area contributed by atoms with Crippen molar-refractivity contribution in [1.29, 1.82) is 5.26 Å². The van der Waals surface area contributed by atoms with Gasteiger partial charge in [-0.1, -0.05) is 0 Å². The minimum Gasteiger partial charge on any atom is -0.478 e. The number of aromatic carboxylic acids is 1. The maximum Gasteiger partial charge on any atom is 0.335 e. The number of anilines is 1. The summed E-state index contributed by atoms with van der Waals surface area (Å²) in [6.07, 6.45) is 0. The number of carbonyl (C=O) groups excluding carboxylic acids is 1. The van der Waals surface area contributed by atoms with Crippen molar-refractivity contribution >= 4 is 23.3 Å². The largest absolute Gasteiger partial charge is 0.478 e. The van der Waals surface area contributed by atoms with Crippen LogP contribution >= 0.6 is 0 Å². The summed E-state index contributed by atoms with van der Waals surface area (Å²) in [4.78, 5) is 21.7. The summed E-state index contributed by atoms with van der Waals surface area (Å²) in [5.41, 5.74) is 2.77. The van der Waals surface area contributed by atoms with Gasteiger partial charge in [-0.25, -0.2) is 4.79 Å². The SMILES string of the molecule is CNC(=O)/C(C#N)=N\Nc1ccc(C(=O)O)cc1. The molecule has 1 rings (SSSR count). The van der Waals surface area contributed by atoms with E-state index in [9.17, 15) is 9.59 Å². The van der Waals surface area contributed by atoms with Crippen molar-refractivity contribution in [2.75, 3.05) is 12.5 Å². The molecule has 0 fully saturated rings. The molecule has 0 radical (unpaired) electrons. The molecule has 7 heteroatoms. The molecule has 0 atom stereocenters. The van der Waals surface area contributed by atoms with Crippen molar-refractivity contribution in [2.24, 2.45) is 5.10 Å². The molecule has 1 amide bonds. The van der Waals surface area contributed by atoms with Gasteiger partial charge in [0.25, 0.3) is 5.91 Å². The fraction of sp³-hybridized carbons (Fsp3) is 0.0909. The van der Waals surface area contributed by atoms with E-state index in [0.717, 1.165) is 0 Å². The van der Waals surface area contributed by atoms with Gasteiger partial charge in [-0.15, -0.1) is 0 Å². The van der Waals surface area contributed by atoms with E-state index in [1.54, 1.807) is 6.07 Å². The van der Waals surface area contributed by atoms with Crippen molar-refractivity contribution in [1.82, 2.24) is 5.32 Å². The molecule has 3 N–H and O–H groups in total. The van der Waals surface area contributed by atoms with Crippen molar-refractivity contribution in [2.45, 2.75) is 0 Å². The number of nitrogens with zero attached hydrogens (tertiary/aromatic N) is 2. The first-order chi connectivity index (χ1) is 8.58. The van der Waals surface area contributed by atoms with E-state index in [-0.39, 0.29) is 11.3 Å². The molecule has 0 aromatic heterocycles. The minimum absolute atomic E-state index is 0.135.